The lowest BCUT2D eigenvalue weighted by Crippen LogP contribution is -2.47. The van der Waals surface area contributed by atoms with Crippen LogP contribution in [0, 0.1) is 13.8 Å². The predicted molar refractivity (Wildman–Crippen MR) is 119 cm³/mol. The summed E-state index contributed by atoms with van der Waals surface area (Å²) >= 11 is 0. The molecule has 0 bridgehead atoms. The molecule has 0 spiro atoms. The van der Waals surface area contributed by atoms with Crippen LogP contribution in [0.5, 0.6) is 5.75 Å². The second-order valence-corrected chi connectivity index (χ2v) is 7.55. The fraction of sp³-hybridized carbons (Fsp3) is 0.435. The molecule has 0 aliphatic carbocycles. The minimum Gasteiger partial charge on any atom is -0.495 e. The molecule has 1 saturated heterocycles. The number of hydrogen-bond donors (Lipinski definition) is 2. The Morgan fingerprint density at radius 1 is 1.07 bits per heavy atom. The predicted octanol–water partition coefficient (Wildman–Crippen LogP) is 3.65. The maximum atomic E-state index is 12.1. The largest absolute Gasteiger partial charge is 0.495 e. The fourth-order valence-electron chi connectivity index (χ4n) is 3.65. The smallest absolute Gasteiger partial charge is 0.319 e. The summed E-state index contributed by atoms with van der Waals surface area (Å²) in [5.74, 6) is 0.931. The Labute approximate surface area is 173 Å². The second-order valence-electron chi connectivity index (χ2n) is 7.55. The van der Waals surface area contributed by atoms with Gasteiger partial charge in [-0.25, -0.2) is 4.79 Å². The van der Waals surface area contributed by atoms with Crippen molar-refractivity contribution in [3.05, 3.63) is 53.6 Å². The van der Waals surface area contributed by atoms with Gasteiger partial charge >= 0.3 is 6.03 Å². The Morgan fingerprint density at radius 3 is 2.59 bits per heavy atom. The van der Waals surface area contributed by atoms with Crippen LogP contribution in [0.15, 0.2) is 42.5 Å². The summed E-state index contributed by atoms with van der Waals surface area (Å²) in [4.78, 5) is 17.0. The van der Waals surface area contributed by atoms with Gasteiger partial charge in [0.15, 0.2) is 0 Å². The monoisotopic (exact) mass is 396 g/mol. The van der Waals surface area contributed by atoms with E-state index in [1.54, 1.807) is 7.11 Å². The lowest BCUT2D eigenvalue weighted by molar-refractivity contribution is 0.244. The molecular formula is C23H32N4O2. The number of nitrogens with zero attached hydrogens (tertiary/aromatic N) is 2. The summed E-state index contributed by atoms with van der Waals surface area (Å²) in [5.41, 5.74) is 4.24. The van der Waals surface area contributed by atoms with Gasteiger partial charge in [0.05, 0.1) is 12.8 Å². The summed E-state index contributed by atoms with van der Waals surface area (Å²) < 4.78 is 5.48. The molecule has 0 radical (unpaired) electrons. The maximum Gasteiger partial charge on any atom is 0.319 e. The van der Waals surface area contributed by atoms with Crippen molar-refractivity contribution >= 4 is 17.4 Å². The lowest BCUT2D eigenvalue weighted by Gasteiger charge is -2.36. The zero-order valence-electron chi connectivity index (χ0n) is 17.7. The molecule has 156 valence electrons. The number of piperazine rings is 1. The normalized spacial score (nSPS) is 14.5. The first kappa shape index (κ1) is 21.0. The number of amides is 2. The Morgan fingerprint density at radius 2 is 1.83 bits per heavy atom. The van der Waals surface area contributed by atoms with E-state index >= 15 is 0 Å². The maximum absolute atomic E-state index is 12.1. The number of urea groups is 1. The van der Waals surface area contributed by atoms with E-state index in [9.17, 15) is 4.79 Å². The lowest BCUT2D eigenvalue weighted by atomic mass is 10.1. The number of carbonyl (C=O) groups is 1. The van der Waals surface area contributed by atoms with Crippen LogP contribution < -0.4 is 20.3 Å². The van der Waals surface area contributed by atoms with Crippen LogP contribution in [0.1, 0.15) is 17.5 Å². The Bertz CT molecular complexity index is 816. The minimum absolute atomic E-state index is 0.139. The number of methoxy groups -OCH3 is 1. The molecule has 2 aromatic rings. The van der Waals surface area contributed by atoms with Gasteiger partial charge in [-0.1, -0.05) is 24.3 Å². The van der Waals surface area contributed by atoms with E-state index in [2.05, 4.69) is 32.6 Å². The highest BCUT2D eigenvalue weighted by Crippen LogP contribution is 2.28. The van der Waals surface area contributed by atoms with Crippen molar-refractivity contribution in [1.29, 1.82) is 0 Å². The van der Waals surface area contributed by atoms with Gasteiger partial charge in [0.1, 0.15) is 5.75 Å². The van der Waals surface area contributed by atoms with Gasteiger partial charge in [0.25, 0.3) is 0 Å². The molecule has 29 heavy (non-hydrogen) atoms. The topological polar surface area (TPSA) is 56.8 Å². The molecule has 1 fully saturated rings. The van der Waals surface area contributed by atoms with Gasteiger partial charge in [0, 0.05) is 38.4 Å². The summed E-state index contributed by atoms with van der Waals surface area (Å²) in [6.45, 7) is 9.70. The third kappa shape index (κ3) is 5.87. The number of rotatable bonds is 7. The molecule has 6 heteroatoms. The zero-order chi connectivity index (χ0) is 20.6. The summed E-state index contributed by atoms with van der Waals surface area (Å²) in [6.07, 6.45) is 0.939. The van der Waals surface area contributed by atoms with Crippen LogP contribution in [0.2, 0.25) is 0 Å². The van der Waals surface area contributed by atoms with Gasteiger partial charge in [-0.15, -0.1) is 0 Å². The molecule has 1 aliphatic rings. The number of carbonyl (C=O) groups excluding carboxylic acids is 1. The molecule has 2 aromatic carbocycles. The van der Waals surface area contributed by atoms with Crippen LogP contribution in [0.4, 0.5) is 16.2 Å². The molecule has 1 heterocycles. The van der Waals surface area contributed by atoms with Gasteiger partial charge in [-0.05, 0) is 56.1 Å². The SMILES string of the molecule is COc1ccccc1N1CCN(CCCNC(=O)Nc2cc(C)ccc2C)CC1. The van der Waals surface area contributed by atoms with Crippen LogP contribution in [-0.2, 0) is 0 Å². The minimum atomic E-state index is -0.139. The van der Waals surface area contributed by atoms with E-state index in [4.69, 9.17) is 4.74 Å². The molecule has 0 aromatic heterocycles. The molecule has 1 aliphatic heterocycles. The highest BCUT2D eigenvalue weighted by Gasteiger charge is 2.19. The average molecular weight is 397 g/mol. The Hall–Kier alpha value is -2.73. The molecule has 6 nitrogen and oxygen atoms in total. The van der Waals surface area contributed by atoms with E-state index in [1.165, 1.54) is 5.69 Å². The van der Waals surface area contributed by atoms with Crippen LogP contribution in [0.25, 0.3) is 0 Å². The highest BCUT2D eigenvalue weighted by atomic mass is 16.5. The van der Waals surface area contributed by atoms with Crippen molar-refractivity contribution < 1.29 is 9.53 Å². The van der Waals surface area contributed by atoms with Crippen molar-refractivity contribution in [2.75, 3.05) is 56.6 Å². The van der Waals surface area contributed by atoms with Gasteiger partial charge in [-0.2, -0.15) is 0 Å². The van der Waals surface area contributed by atoms with Gasteiger partial charge in [-0.3, -0.25) is 4.90 Å². The first-order valence-electron chi connectivity index (χ1n) is 10.3. The Kier molecular flexibility index (Phi) is 7.36. The number of ether oxygens (including phenoxy) is 1. The van der Waals surface area contributed by atoms with Gasteiger partial charge < -0.3 is 20.3 Å². The van der Waals surface area contributed by atoms with E-state index in [1.807, 2.05) is 44.2 Å². The molecular weight excluding hydrogens is 364 g/mol. The number of hydrogen-bond acceptors (Lipinski definition) is 4. The molecule has 0 atom stereocenters. The van der Waals surface area contributed by atoms with Crippen LogP contribution in [-0.4, -0.2) is 57.3 Å². The second kappa shape index (κ2) is 10.2. The number of benzene rings is 2. The van der Waals surface area contributed by atoms with Gasteiger partial charge in [0.2, 0.25) is 0 Å². The van der Waals surface area contributed by atoms with E-state index in [0.29, 0.717) is 6.54 Å². The van der Waals surface area contributed by atoms with Crippen molar-refractivity contribution in [3.63, 3.8) is 0 Å². The summed E-state index contributed by atoms with van der Waals surface area (Å²) in [7, 11) is 1.72. The standard InChI is InChI=1S/C23H32N4O2/c1-18-9-10-19(2)20(17-18)25-23(28)24-11-6-12-26-13-15-27(16-14-26)21-7-4-5-8-22(21)29-3/h4-5,7-10,17H,6,11-16H2,1-3H3,(H2,24,25,28). The van der Waals surface area contributed by atoms with Crippen LogP contribution in [0.3, 0.4) is 0 Å². The van der Waals surface area contributed by atoms with Crippen molar-refractivity contribution in [3.8, 4) is 5.75 Å². The number of para-hydroxylation sites is 2. The molecule has 0 unspecified atom stereocenters. The van der Waals surface area contributed by atoms with Crippen molar-refractivity contribution in [1.82, 2.24) is 10.2 Å². The van der Waals surface area contributed by atoms with Crippen molar-refractivity contribution in [2.45, 2.75) is 20.3 Å². The van der Waals surface area contributed by atoms with E-state index in [-0.39, 0.29) is 6.03 Å². The first-order chi connectivity index (χ1) is 14.1. The quantitative estimate of drug-likeness (QED) is 0.702. The average Bonchev–Trinajstić information content (AvgIpc) is 2.74. The van der Waals surface area contributed by atoms with E-state index < -0.39 is 0 Å². The number of aryl methyl sites for hydroxylation is 2. The molecule has 0 saturated carbocycles. The van der Waals surface area contributed by atoms with Crippen molar-refractivity contribution in [2.24, 2.45) is 0 Å². The number of anilines is 2. The summed E-state index contributed by atoms with van der Waals surface area (Å²) in [5, 5.41) is 5.91. The first-order valence-corrected chi connectivity index (χ1v) is 10.3. The van der Waals surface area contributed by atoms with Crippen LogP contribution >= 0.6 is 0 Å². The number of nitrogens with one attached hydrogen (secondary N) is 2. The summed E-state index contributed by atoms with van der Waals surface area (Å²) in [6, 6.07) is 14.1. The highest BCUT2D eigenvalue weighted by molar-refractivity contribution is 5.90. The molecule has 2 amide bonds. The fourth-order valence-corrected chi connectivity index (χ4v) is 3.65. The molecule has 2 N–H and O–H groups in total. The third-order valence-corrected chi connectivity index (χ3v) is 5.38. The zero-order valence-corrected chi connectivity index (χ0v) is 17.7. The molecule has 3 rings (SSSR count). The third-order valence-electron chi connectivity index (χ3n) is 5.38. The van der Waals surface area contributed by atoms with E-state index in [0.717, 1.165) is 61.7 Å². The Balaban J connectivity index is 1.36.